The summed E-state index contributed by atoms with van der Waals surface area (Å²) >= 11 is 7.87. The number of fused-ring (bicyclic) bond motifs is 1. The fourth-order valence-corrected chi connectivity index (χ4v) is 6.32. The fourth-order valence-electron chi connectivity index (χ4n) is 5.08. The molecule has 6 rings (SSSR count). The molecule has 4 aromatic rings. The second-order valence-electron chi connectivity index (χ2n) is 9.52. The number of imidazole rings is 1. The van der Waals surface area contributed by atoms with E-state index in [0.717, 1.165) is 23.4 Å². The third kappa shape index (κ3) is 4.96. The van der Waals surface area contributed by atoms with Gasteiger partial charge in [0.25, 0.3) is 0 Å². The number of benzene rings is 2. The average molecular weight is 572 g/mol. The maximum absolute atomic E-state index is 14.2. The molecule has 0 radical (unpaired) electrons. The Morgan fingerprint density at radius 3 is 2.69 bits per heavy atom. The minimum atomic E-state index is -0.816. The number of thiazole rings is 1. The van der Waals surface area contributed by atoms with Gasteiger partial charge in [-0.15, -0.1) is 11.3 Å². The number of carbonyl (C=O) groups excluding carboxylic acids is 1. The Balaban J connectivity index is 1.06. The Bertz CT molecular complexity index is 1560. The lowest BCUT2D eigenvalue weighted by Gasteiger charge is -2.31. The molecule has 1 unspecified atom stereocenters. The van der Waals surface area contributed by atoms with Gasteiger partial charge in [0.05, 0.1) is 34.4 Å². The first kappa shape index (κ1) is 25.7. The van der Waals surface area contributed by atoms with E-state index in [1.165, 1.54) is 29.5 Å². The topological polar surface area (TPSA) is 81.8 Å². The van der Waals surface area contributed by atoms with Gasteiger partial charge in [0, 0.05) is 36.9 Å². The molecule has 1 fully saturated rings. The Hall–Kier alpha value is -3.57. The van der Waals surface area contributed by atoms with E-state index < -0.39 is 17.7 Å². The van der Waals surface area contributed by atoms with Gasteiger partial charge >= 0.3 is 0 Å². The van der Waals surface area contributed by atoms with Crippen LogP contribution in [-0.4, -0.2) is 51.3 Å². The molecule has 39 heavy (non-hydrogen) atoms. The summed E-state index contributed by atoms with van der Waals surface area (Å²) in [6.07, 6.45) is 0.983. The molecule has 2 aliphatic rings. The molecule has 2 aliphatic heterocycles. The normalized spacial score (nSPS) is 17.9. The summed E-state index contributed by atoms with van der Waals surface area (Å²) in [7, 11) is 1.59. The van der Waals surface area contributed by atoms with Gasteiger partial charge in [0.2, 0.25) is 11.2 Å². The van der Waals surface area contributed by atoms with Crippen LogP contribution in [-0.2, 0) is 16.2 Å². The summed E-state index contributed by atoms with van der Waals surface area (Å²) in [6, 6.07) is 9.20. The largest absolute Gasteiger partial charge is 0.497 e. The van der Waals surface area contributed by atoms with Crippen LogP contribution in [0.25, 0.3) is 11.0 Å². The molecule has 0 aliphatic carbocycles. The van der Waals surface area contributed by atoms with Crippen molar-refractivity contribution in [1.29, 1.82) is 0 Å². The lowest BCUT2D eigenvalue weighted by atomic mass is 9.97. The van der Waals surface area contributed by atoms with Crippen molar-refractivity contribution in [2.75, 3.05) is 20.2 Å². The molecule has 202 valence electrons. The van der Waals surface area contributed by atoms with Gasteiger partial charge in [0.15, 0.2) is 6.10 Å². The highest BCUT2D eigenvalue weighted by Gasteiger charge is 2.31. The van der Waals surface area contributed by atoms with E-state index in [4.69, 9.17) is 26.2 Å². The van der Waals surface area contributed by atoms with Crippen molar-refractivity contribution in [3.05, 3.63) is 75.0 Å². The number of halogens is 3. The first-order chi connectivity index (χ1) is 18.9. The molecule has 2 aromatic carbocycles. The monoisotopic (exact) mass is 571 g/mol. The average Bonchev–Trinajstić information content (AvgIpc) is 3.68. The number of likely N-dealkylation sites (tertiary alicyclic amines) is 1. The third-order valence-electron chi connectivity index (χ3n) is 7.21. The molecular weight excluding hydrogens is 548 g/mol. The van der Waals surface area contributed by atoms with E-state index in [1.807, 2.05) is 22.4 Å². The van der Waals surface area contributed by atoms with E-state index in [0.29, 0.717) is 35.8 Å². The van der Waals surface area contributed by atoms with Gasteiger partial charge in [-0.2, -0.15) is 0 Å². The Morgan fingerprint density at radius 2 is 1.95 bits per heavy atom. The lowest BCUT2D eigenvalue weighted by Crippen LogP contribution is -2.39. The Labute approximate surface area is 231 Å². The fraction of sp³-hybridized carbons (Fsp3) is 0.333. The number of rotatable bonds is 6. The smallest absolute Gasteiger partial charge is 0.242 e. The van der Waals surface area contributed by atoms with Crippen molar-refractivity contribution >= 4 is 45.6 Å². The molecular formula is C27H24ClF2N5O3S. The van der Waals surface area contributed by atoms with E-state index >= 15 is 0 Å². The Morgan fingerprint density at radius 1 is 1.18 bits per heavy atom. The maximum Gasteiger partial charge on any atom is 0.242 e. The van der Waals surface area contributed by atoms with Crippen molar-refractivity contribution in [2.24, 2.45) is 5.16 Å². The number of carbonyl (C=O) groups is 1. The standard InChI is InChI=1S/C27H24ClF2N5O3S/c1-37-16-5-6-22-20(11-16)32-27(28)35(22)13-24(36)34-9-7-15(8-10-34)26-31-21(14-39-26)19-12-23(38-33-19)25-17(29)3-2-4-18(25)30/h2-6,11,14-15,23H,7-10,12-13H2,1H3. The zero-order valence-electron chi connectivity index (χ0n) is 20.9. The first-order valence-electron chi connectivity index (χ1n) is 12.5. The van der Waals surface area contributed by atoms with E-state index in [1.54, 1.807) is 17.7 Å². The van der Waals surface area contributed by atoms with E-state index in [-0.39, 0.29) is 35.6 Å². The third-order valence-corrected chi connectivity index (χ3v) is 8.50. The highest BCUT2D eigenvalue weighted by Crippen LogP contribution is 2.35. The number of oxime groups is 1. The van der Waals surface area contributed by atoms with Gasteiger partial charge in [-0.25, -0.2) is 18.7 Å². The van der Waals surface area contributed by atoms with Crippen LogP contribution in [0.2, 0.25) is 5.28 Å². The summed E-state index contributed by atoms with van der Waals surface area (Å²) in [5.41, 5.74) is 2.56. The molecule has 1 amide bonds. The number of aromatic nitrogens is 3. The predicted octanol–water partition coefficient (Wildman–Crippen LogP) is 5.70. The predicted molar refractivity (Wildman–Crippen MR) is 143 cm³/mol. The summed E-state index contributed by atoms with van der Waals surface area (Å²) in [4.78, 5) is 29.4. The number of methoxy groups -OCH3 is 1. The number of amides is 1. The molecule has 0 bridgehead atoms. The maximum atomic E-state index is 14.2. The Kier molecular flexibility index (Phi) is 6.94. The van der Waals surface area contributed by atoms with Crippen LogP contribution in [0.4, 0.5) is 8.78 Å². The zero-order chi connectivity index (χ0) is 27.1. The summed E-state index contributed by atoms with van der Waals surface area (Å²) in [5, 5.41) is 7.18. The summed E-state index contributed by atoms with van der Waals surface area (Å²) in [6.45, 7) is 1.32. The van der Waals surface area contributed by atoms with Gasteiger partial charge in [-0.05, 0) is 48.7 Å². The highest BCUT2D eigenvalue weighted by atomic mass is 35.5. The number of nitrogens with zero attached hydrogens (tertiary/aromatic N) is 5. The van der Waals surface area contributed by atoms with Crippen LogP contribution < -0.4 is 4.74 Å². The molecule has 0 N–H and O–H groups in total. The number of piperidine rings is 1. The SMILES string of the molecule is COc1ccc2c(c1)nc(Cl)n2CC(=O)N1CCC(c2nc(C3=NOC(c4c(F)cccc4F)C3)cs2)CC1. The van der Waals surface area contributed by atoms with Gasteiger partial charge in [-0.3, -0.25) is 4.79 Å². The van der Waals surface area contributed by atoms with E-state index in [9.17, 15) is 13.6 Å². The van der Waals surface area contributed by atoms with Crippen molar-refractivity contribution in [2.45, 2.75) is 37.8 Å². The van der Waals surface area contributed by atoms with Crippen molar-refractivity contribution in [3.63, 3.8) is 0 Å². The summed E-state index contributed by atoms with van der Waals surface area (Å²) in [5.74, 6) is -0.440. The summed E-state index contributed by atoms with van der Waals surface area (Å²) < 4.78 is 35.3. The molecule has 8 nitrogen and oxygen atoms in total. The molecule has 2 aromatic heterocycles. The van der Waals surface area contributed by atoms with Crippen LogP contribution in [0.3, 0.4) is 0 Å². The second-order valence-corrected chi connectivity index (χ2v) is 10.7. The quantitative estimate of drug-likeness (QED) is 0.296. The molecule has 1 saturated heterocycles. The van der Waals surface area contributed by atoms with Crippen LogP contribution in [0.1, 0.15) is 47.5 Å². The number of hydrogen-bond donors (Lipinski definition) is 0. The highest BCUT2D eigenvalue weighted by molar-refractivity contribution is 7.10. The van der Waals surface area contributed by atoms with Crippen molar-refractivity contribution < 1.29 is 23.1 Å². The van der Waals surface area contributed by atoms with Crippen molar-refractivity contribution in [1.82, 2.24) is 19.4 Å². The molecule has 12 heteroatoms. The molecule has 4 heterocycles. The number of ether oxygens (including phenoxy) is 1. The van der Waals surface area contributed by atoms with Crippen LogP contribution in [0, 0.1) is 11.6 Å². The van der Waals surface area contributed by atoms with Gasteiger partial charge in [-0.1, -0.05) is 11.2 Å². The molecule has 0 saturated carbocycles. The second kappa shape index (κ2) is 10.5. The minimum absolute atomic E-state index is 0.0193. The van der Waals surface area contributed by atoms with Gasteiger partial charge in [0.1, 0.15) is 29.6 Å². The van der Waals surface area contributed by atoms with Gasteiger partial charge < -0.3 is 19.0 Å². The first-order valence-corrected chi connectivity index (χ1v) is 13.8. The van der Waals surface area contributed by atoms with Crippen LogP contribution in [0.15, 0.2) is 46.9 Å². The zero-order valence-corrected chi connectivity index (χ0v) is 22.5. The minimum Gasteiger partial charge on any atom is -0.497 e. The van der Waals surface area contributed by atoms with E-state index in [2.05, 4.69) is 10.1 Å². The van der Waals surface area contributed by atoms with Crippen LogP contribution in [0.5, 0.6) is 5.75 Å². The number of hydrogen-bond acceptors (Lipinski definition) is 7. The van der Waals surface area contributed by atoms with Crippen molar-refractivity contribution in [3.8, 4) is 5.75 Å². The molecule has 0 spiro atoms. The lowest BCUT2D eigenvalue weighted by molar-refractivity contribution is -0.132. The molecule has 1 atom stereocenters. The van der Waals surface area contributed by atoms with Crippen LogP contribution >= 0.6 is 22.9 Å².